The molecule has 1 unspecified atom stereocenters. The van der Waals surface area contributed by atoms with E-state index in [1.807, 2.05) is 0 Å². The zero-order valence-electron chi connectivity index (χ0n) is 10.3. The molecular weight excluding hydrogens is 190 g/mol. The highest BCUT2D eigenvalue weighted by Crippen LogP contribution is 2.37. The fourth-order valence-electron chi connectivity index (χ4n) is 2.42. The first-order valence-electron chi connectivity index (χ1n) is 6.02. The molecule has 0 aromatic carbocycles. The third-order valence-corrected chi connectivity index (χ3v) is 3.68. The van der Waals surface area contributed by atoms with Crippen LogP contribution in [0, 0.1) is 11.3 Å². The van der Waals surface area contributed by atoms with Crippen molar-refractivity contribution in [2.24, 2.45) is 11.3 Å². The molecule has 1 aliphatic rings. The fraction of sp³-hybridized carbons (Fsp3) is 1.00. The van der Waals surface area contributed by atoms with Crippen LogP contribution in [0.4, 0.5) is 0 Å². The van der Waals surface area contributed by atoms with E-state index in [2.05, 4.69) is 19.2 Å². The molecule has 0 spiro atoms. The van der Waals surface area contributed by atoms with Crippen molar-refractivity contribution in [3.8, 4) is 0 Å². The maximum absolute atomic E-state index is 5.46. The maximum Gasteiger partial charge on any atom is 0.0493 e. The van der Waals surface area contributed by atoms with Crippen molar-refractivity contribution in [1.29, 1.82) is 0 Å². The van der Waals surface area contributed by atoms with Crippen molar-refractivity contribution >= 4 is 0 Å². The van der Waals surface area contributed by atoms with Crippen LogP contribution in [0.3, 0.4) is 0 Å². The molecule has 0 saturated carbocycles. The van der Waals surface area contributed by atoms with Crippen LogP contribution in [0.25, 0.3) is 0 Å². The van der Waals surface area contributed by atoms with Crippen LogP contribution in [-0.4, -0.2) is 40.0 Å². The first kappa shape index (κ1) is 12.9. The molecule has 1 saturated heterocycles. The minimum Gasteiger partial charge on any atom is -0.384 e. The summed E-state index contributed by atoms with van der Waals surface area (Å²) in [5.41, 5.74) is 0.379. The van der Waals surface area contributed by atoms with Gasteiger partial charge in [-0.1, -0.05) is 13.8 Å². The van der Waals surface area contributed by atoms with Gasteiger partial charge in [-0.15, -0.1) is 0 Å². The van der Waals surface area contributed by atoms with E-state index in [1.54, 1.807) is 7.11 Å². The highest BCUT2D eigenvalue weighted by atomic mass is 16.5. The lowest BCUT2D eigenvalue weighted by Crippen LogP contribution is -2.45. The molecule has 15 heavy (non-hydrogen) atoms. The van der Waals surface area contributed by atoms with E-state index in [0.717, 1.165) is 45.8 Å². The van der Waals surface area contributed by atoms with Crippen LogP contribution in [-0.2, 0) is 9.47 Å². The highest BCUT2D eigenvalue weighted by molar-refractivity contribution is 4.88. The standard InChI is InChI=1S/C12H25NO2/c1-4-13-10-12(11(2)9-14-3)5-7-15-8-6-12/h11,13H,4-10H2,1-3H3. The van der Waals surface area contributed by atoms with Crippen LogP contribution in [0.1, 0.15) is 26.7 Å². The SMILES string of the molecule is CCNCC1(C(C)COC)CCOCC1. The zero-order chi connectivity index (χ0) is 11.1. The Morgan fingerprint density at radius 1 is 1.40 bits per heavy atom. The lowest BCUT2D eigenvalue weighted by atomic mass is 9.70. The molecule has 90 valence electrons. The van der Waals surface area contributed by atoms with Gasteiger partial charge in [0.15, 0.2) is 0 Å². The van der Waals surface area contributed by atoms with Gasteiger partial charge in [-0.3, -0.25) is 0 Å². The minimum atomic E-state index is 0.379. The Kier molecular flexibility index (Phi) is 5.58. The summed E-state index contributed by atoms with van der Waals surface area (Å²) in [6.45, 7) is 9.25. The number of hydrogen-bond acceptors (Lipinski definition) is 3. The molecule has 1 atom stereocenters. The molecule has 1 fully saturated rings. The Balaban J connectivity index is 2.56. The van der Waals surface area contributed by atoms with Crippen molar-refractivity contribution in [1.82, 2.24) is 5.32 Å². The van der Waals surface area contributed by atoms with Crippen molar-refractivity contribution < 1.29 is 9.47 Å². The van der Waals surface area contributed by atoms with Gasteiger partial charge in [0.25, 0.3) is 0 Å². The van der Waals surface area contributed by atoms with Gasteiger partial charge in [0.05, 0.1) is 0 Å². The first-order valence-corrected chi connectivity index (χ1v) is 6.02. The molecule has 0 aliphatic carbocycles. The molecule has 0 radical (unpaired) electrons. The van der Waals surface area contributed by atoms with E-state index in [-0.39, 0.29) is 0 Å². The Hall–Kier alpha value is -0.120. The van der Waals surface area contributed by atoms with Crippen LogP contribution in [0.2, 0.25) is 0 Å². The molecule has 1 aliphatic heterocycles. The Morgan fingerprint density at radius 2 is 2.07 bits per heavy atom. The molecule has 0 aromatic rings. The molecule has 1 N–H and O–H groups in total. The molecule has 0 aromatic heterocycles. The quantitative estimate of drug-likeness (QED) is 0.731. The van der Waals surface area contributed by atoms with Crippen LogP contribution >= 0.6 is 0 Å². The zero-order valence-corrected chi connectivity index (χ0v) is 10.3. The number of nitrogens with one attached hydrogen (secondary N) is 1. The van der Waals surface area contributed by atoms with Gasteiger partial charge >= 0.3 is 0 Å². The second-order valence-corrected chi connectivity index (χ2v) is 4.61. The van der Waals surface area contributed by atoms with Gasteiger partial charge in [0.2, 0.25) is 0 Å². The maximum atomic E-state index is 5.46. The van der Waals surface area contributed by atoms with E-state index in [4.69, 9.17) is 9.47 Å². The Bertz CT molecular complexity index is 167. The predicted octanol–water partition coefficient (Wildman–Crippen LogP) is 1.68. The number of ether oxygens (including phenoxy) is 2. The normalized spacial score (nSPS) is 22.6. The Labute approximate surface area is 93.5 Å². The number of rotatable bonds is 6. The van der Waals surface area contributed by atoms with E-state index < -0.39 is 0 Å². The number of hydrogen-bond donors (Lipinski definition) is 1. The molecule has 0 amide bonds. The lowest BCUT2D eigenvalue weighted by Gasteiger charge is -2.42. The smallest absolute Gasteiger partial charge is 0.0493 e. The largest absolute Gasteiger partial charge is 0.384 e. The predicted molar refractivity (Wildman–Crippen MR) is 62.1 cm³/mol. The molecule has 1 heterocycles. The highest BCUT2D eigenvalue weighted by Gasteiger charge is 2.37. The monoisotopic (exact) mass is 215 g/mol. The second kappa shape index (κ2) is 6.46. The van der Waals surface area contributed by atoms with Gasteiger partial charge in [-0.2, -0.15) is 0 Å². The Morgan fingerprint density at radius 3 is 2.60 bits per heavy atom. The van der Waals surface area contributed by atoms with Gasteiger partial charge in [-0.05, 0) is 30.7 Å². The average molecular weight is 215 g/mol. The van der Waals surface area contributed by atoms with Gasteiger partial charge in [0, 0.05) is 33.5 Å². The van der Waals surface area contributed by atoms with E-state index in [9.17, 15) is 0 Å². The summed E-state index contributed by atoms with van der Waals surface area (Å²) in [5, 5.41) is 3.49. The second-order valence-electron chi connectivity index (χ2n) is 4.61. The van der Waals surface area contributed by atoms with Crippen LogP contribution in [0.15, 0.2) is 0 Å². The van der Waals surface area contributed by atoms with Crippen LogP contribution < -0.4 is 5.32 Å². The van der Waals surface area contributed by atoms with Gasteiger partial charge in [0.1, 0.15) is 0 Å². The van der Waals surface area contributed by atoms with Crippen LogP contribution in [0.5, 0.6) is 0 Å². The third-order valence-electron chi connectivity index (χ3n) is 3.68. The fourth-order valence-corrected chi connectivity index (χ4v) is 2.42. The summed E-state index contributed by atoms with van der Waals surface area (Å²) in [5.74, 6) is 0.602. The topological polar surface area (TPSA) is 30.5 Å². The summed E-state index contributed by atoms with van der Waals surface area (Å²) in [6.07, 6.45) is 2.31. The van der Waals surface area contributed by atoms with Gasteiger partial charge < -0.3 is 14.8 Å². The average Bonchev–Trinajstić information content (AvgIpc) is 2.28. The van der Waals surface area contributed by atoms with E-state index in [1.165, 1.54) is 0 Å². The van der Waals surface area contributed by atoms with Gasteiger partial charge in [-0.25, -0.2) is 0 Å². The summed E-state index contributed by atoms with van der Waals surface area (Å²) in [6, 6.07) is 0. The minimum absolute atomic E-state index is 0.379. The summed E-state index contributed by atoms with van der Waals surface area (Å²) in [7, 11) is 1.79. The van der Waals surface area contributed by atoms with Crippen molar-refractivity contribution in [3.63, 3.8) is 0 Å². The van der Waals surface area contributed by atoms with Crippen molar-refractivity contribution in [3.05, 3.63) is 0 Å². The molecule has 3 heteroatoms. The lowest BCUT2D eigenvalue weighted by molar-refractivity contribution is -0.0329. The first-order chi connectivity index (χ1) is 7.25. The molecule has 1 rings (SSSR count). The van der Waals surface area contributed by atoms with Crippen molar-refractivity contribution in [2.45, 2.75) is 26.7 Å². The van der Waals surface area contributed by atoms with E-state index in [0.29, 0.717) is 11.3 Å². The third kappa shape index (κ3) is 3.44. The van der Waals surface area contributed by atoms with Crippen molar-refractivity contribution in [2.75, 3.05) is 40.0 Å². The molecule has 0 bridgehead atoms. The molecule has 3 nitrogen and oxygen atoms in total. The summed E-state index contributed by atoms with van der Waals surface area (Å²) >= 11 is 0. The summed E-state index contributed by atoms with van der Waals surface area (Å²) < 4.78 is 10.8. The van der Waals surface area contributed by atoms with E-state index >= 15 is 0 Å². The molecular formula is C12H25NO2. The number of methoxy groups -OCH3 is 1. The summed E-state index contributed by atoms with van der Waals surface area (Å²) in [4.78, 5) is 0.